The fourth-order valence-corrected chi connectivity index (χ4v) is 3.92. The Labute approximate surface area is 271 Å². The normalized spacial score (nSPS) is 11.3. The van der Waals surface area contributed by atoms with Gasteiger partial charge in [0.05, 0.1) is 26.2 Å². The number of halogens is 8. The summed E-state index contributed by atoms with van der Waals surface area (Å²) in [7, 11) is 0. The molecule has 3 rings (SSSR count). The predicted molar refractivity (Wildman–Crippen MR) is 165 cm³/mol. The zero-order valence-electron chi connectivity index (χ0n) is 24.3. The van der Waals surface area contributed by atoms with Crippen LogP contribution in [0.15, 0.2) is 54.6 Å². The number of anilines is 2. The van der Waals surface area contributed by atoms with Crippen LogP contribution in [0.2, 0.25) is 15.1 Å². The van der Waals surface area contributed by atoms with Gasteiger partial charge in [-0.2, -0.15) is 13.2 Å². The van der Waals surface area contributed by atoms with Gasteiger partial charge in [0, 0.05) is 17.9 Å². The van der Waals surface area contributed by atoms with Crippen LogP contribution >= 0.6 is 34.8 Å². The average Bonchev–Trinajstić information content (AvgIpc) is 2.97. The summed E-state index contributed by atoms with van der Waals surface area (Å²) in [6.07, 6.45) is -7.61. The lowest BCUT2D eigenvalue weighted by atomic mass is 9.91. The van der Waals surface area contributed by atoms with Gasteiger partial charge in [-0.3, -0.25) is 14.4 Å². The predicted octanol–water partition coefficient (Wildman–Crippen LogP) is 9.03. The molecule has 3 N–H and O–H groups in total. The molecule has 3 aromatic rings. The minimum absolute atomic E-state index is 0.0160. The Bertz CT molecular complexity index is 1540. The van der Waals surface area contributed by atoms with Crippen molar-refractivity contribution in [3.8, 4) is 5.75 Å². The van der Waals surface area contributed by atoms with Crippen molar-refractivity contribution in [3.63, 3.8) is 0 Å². The van der Waals surface area contributed by atoms with Gasteiger partial charge in [-0.1, -0.05) is 54.7 Å². The van der Waals surface area contributed by atoms with Gasteiger partial charge in [0.2, 0.25) is 5.91 Å². The highest BCUT2D eigenvalue weighted by molar-refractivity contribution is 6.42. The zero-order chi connectivity index (χ0) is 34.1. The van der Waals surface area contributed by atoms with E-state index in [1.54, 1.807) is 0 Å². The van der Waals surface area contributed by atoms with E-state index in [0.717, 1.165) is 13.8 Å². The summed E-state index contributed by atoms with van der Waals surface area (Å²) in [5.41, 5.74) is -2.38. The molecule has 244 valence electrons. The van der Waals surface area contributed by atoms with Gasteiger partial charge in [-0.05, 0) is 67.9 Å². The molecule has 0 aliphatic carbocycles. The standard InChI is InChI=1S/C28H23Cl3F5N3O4.C2H6/c1-27(2,28(34,35)36)26(42)37-12-14-3-6-19(29)17(9-14)24(40)38-15-5-8-22(43-13-23(32)33)18(10-15)25(41)39-16-4-7-20(30)21(31)11-16;1-2/h3-11,23H,12-13H2,1-2H3,(H,37,42)(H,38,40)(H,39,41);1-2H3. The fraction of sp³-hybridized carbons (Fsp3) is 0.300. The Morgan fingerprint density at radius 2 is 1.33 bits per heavy atom. The lowest BCUT2D eigenvalue weighted by Gasteiger charge is -2.26. The third-order valence-electron chi connectivity index (χ3n) is 6.03. The first-order valence-corrected chi connectivity index (χ1v) is 14.4. The molecule has 0 unspecified atom stereocenters. The van der Waals surface area contributed by atoms with Crippen molar-refractivity contribution in [2.45, 2.75) is 46.8 Å². The van der Waals surface area contributed by atoms with E-state index in [0.29, 0.717) is 0 Å². The lowest BCUT2D eigenvalue weighted by Crippen LogP contribution is -2.46. The maximum absolute atomic E-state index is 13.2. The van der Waals surface area contributed by atoms with E-state index < -0.39 is 42.3 Å². The molecule has 0 atom stereocenters. The number of carbonyl (C=O) groups is 3. The number of hydrogen-bond acceptors (Lipinski definition) is 4. The molecule has 0 bridgehead atoms. The summed E-state index contributed by atoms with van der Waals surface area (Å²) < 4.78 is 70.1. The number of nitrogens with one attached hydrogen (secondary N) is 3. The van der Waals surface area contributed by atoms with E-state index in [9.17, 15) is 36.3 Å². The molecule has 3 amide bonds. The van der Waals surface area contributed by atoms with Crippen LogP contribution in [0.3, 0.4) is 0 Å². The minimum Gasteiger partial charge on any atom is -0.487 e. The van der Waals surface area contributed by atoms with Gasteiger partial charge in [0.25, 0.3) is 18.2 Å². The number of benzene rings is 3. The van der Waals surface area contributed by atoms with Crippen molar-refractivity contribution in [2.75, 3.05) is 17.2 Å². The van der Waals surface area contributed by atoms with Gasteiger partial charge in [-0.25, -0.2) is 8.78 Å². The minimum atomic E-state index is -4.78. The van der Waals surface area contributed by atoms with Crippen molar-refractivity contribution in [3.05, 3.63) is 86.4 Å². The van der Waals surface area contributed by atoms with Crippen molar-refractivity contribution < 1.29 is 41.1 Å². The molecule has 45 heavy (non-hydrogen) atoms. The Morgan fingerprint density at radius 1 is 0.778 bits per heavy atom. The highest BCUT2D eigenvalue weighted by Gasteiger charge is 2.52. The first-order chi connectivity index (χ1) is 21.0. The SMILES string of the molecule is CC.CC(C)(C(=O)NCc1ccc(Cl)c(C(=O)Nc2ccc(OCC(F)F)c(C(=O)Nc3ccc(Cl)c(Cl)c3)c2)c1)C(F)(F)F. The molecular weight excluding hydrogens is 668 g/mol. The second kappa shape index (κ2) is 16.1. The second-order valence-corrected chi connectivity index (χ2v) is 10.8. The Morgan fingerprint density at radius 3 is 1.91 bits per heavy atom. The number of ether oxygens (including phenoxy) is 1. The maximum atomic E-state index is 13.2. The molecule has 0 radical (unpaired) electrons. The van der Waals surface area contributed by atoms with Crippen molar-refractivity contribution >= 4 is 63.9 Å². The van der Waals surface area contributed by atoms with Crippen LogP contribution in [0.5, 0.6) is 5.75 Å². The molecule has 0 saturated carbocycles. The van der Waals surface area contributed by atoms with Crippen molar-refractivity contribution in [1.82, 2.24) is 5.32 Å². The maximum Gasteiger partial charge on any atom is 0.402 e. The molecule has 0 spiro atoms. The van der Waals surface area contributed by atoms with Crippen LogP contribution in [0.1, 0.15) is 54.0 Å². The largest absolute Gasteiger partial charge is 0.487 e. The molecule has 0 aliphatic rings. The molecule has 3 aromatic carbocycles. The van der Waals surface area contributed by atoms with E-state index in [1.807, 2.05) is 13.8 Å². The smallest absolute Gasteiger partial charge is 0.402 e. The summed E-state index contributed by atoms with van der Waals surface area (Å²) in [6, 6.07) is 12.0. The summed E-state index contributed by atoms with van der Waals surface area (Å²) in [5.74, 6) is -3.02. The summed E-state index contributed by atoms with van der Waals surface area (Å²) in [5, 5.41) is 7.62. The second-order valence-electron chi connectivity index (χ2n) is 9.57. The Hall–Kier alpha value is -3.61. The summed E-state index contributed by atoms with van der Waals surface area (Å²) in [4.78, 5) is 38.2. The molecule has 0 saturated heterocycles. The average molecular weight is 697 g/mol. The Kier molecular flexibility index (Phi) is 13.4. The van der Waals surface area contributed by atoms with Gasteiger partial charge in [0.15, 0.2) is 0 Å². The van der Waals surface area contributed by atoms with E-state index in [2.05, 4.69) is 16.0 Å². The number of rotatable bonds is 10. The number of hydrogen-bond donors (Lipinski definition) is 3. The first-order valence-electron chi connectivity index (χ1n) is 13.3. The topological polar surface area (TPSA) is 96.5 Å². The van der Waals surface area contributed by atoms with Crippen LogP contribution in [0.4, 0.5) is 33.3 Å². The molecule has 7 nitrogen and oxygen atoms in total. The molecule has 0 heterocycles. The van der Waals surface area contributed by atoms with Crippen molar-refractivity contribution in [2.24, 2.45) is 5.41 Å². The third kappa shape index (κ3) is 10.2. The van der Waals surface area contributed by atoms with Crippen molar-refractivity contribution in [1.29, 1.82) is 0 Å². The molecule has 0 fully saturated rings. The van der Waals surface area contributed by atoms with Crippen LogP contribution in [-0.4, -0.2) is 36.9 Å². The van der Waals surface area contributed by atoms with E-state index in [-0.39, 0.29) is 55.4 Å². The zero-order valence-corrected chi connectivity index (χ0v) is 26.6. The van der Waals surface area contributed by atoms with Crippen LogP contribution in [-0.2, 0) is 11.3 Å². The highest BCUT2D eigenvalue weighted by Crippen LogP contribution is 2.37. The molecular formula is C30H29Cl3F5N3O4. The first kappa shape index (κ1) is 37.6. The monoisotopic (exact) mass is 695 g/mol. The van der Waals surface area contributed by atoms with E-state index >= 15 is 0 Å². The fourth-order valence-electron chi connectivity index (χ4n) is 3.42. The summed E-state index contributed by atoms with van der Waals surface area (Å²) >= 11 is 18.0. The van der Waals surface area contributed by atoms with Crippen LogP contribution in [0, 0.1) is 5.41 Å². The Balaban J connectivity index is 0.00000345. The van der Waals surface area contributed by atoms with E-state index in [4.69, 9.17) is 39.5 Å². The number of carbonyl (C=O) groups excluding carboxylic acids is 3. The third-order valence-corrected chi connectivity index (χ3v) is 7.10. The number of alkyl halides is 5. The quantitative estimate of drug-likeness (QED) is 0.184. The van der Waals surface area contributed by atoms with Crippen LogP contribution < -0.4 is 20.7 Å². The van der Waals surface area contributed by atoms with E-state index in [1.165, 1.54) is 54.6 Å². The molecule has 0 aromatic heterocycles. The van der Waals surface area contributed by atoms with Crippen LogP contribution in [0.25, 0.3) is 0 Å². The highest BCUT2D eigenvalue weighted by atomic mass is 35.5. The molecule has 15 heteroatoms. The van der Waals surface area contributed by atoms with Gasteiger partial charge in [0.1, 0.15) is 17.8 Å². The van der Waals surface area contributed by atoms with Gasteiger partial charge >= 0.3 is 6.18 Å². The number of amides is 3. The van der Waals surface area contributed by atoms with Gasteiger partial charge in [-0.15, -0.1) is 0 Å². The van der Waals surface area contributed by atoms with Gasteiger partial charge < -0.3 is 20.7 Å². The molecule has 0 aliphatic heterocycles. The summed E-state index contributed by atoms with van der Waals surface area (Å²) in [6.45, 7) is 4.15. The lowest BCUT2D eigenvalue weighted by molar-refractivity contribution is -0.211.